The summed E-state index contributed by atoms with van der Waals surface area (Å²) in [5.41, 5.74) is 2.41. The van der Waals surface area contributed by atoms with Crippen molar-refractivity contribution >= 4 is 17.3 Å². The smallest absolute Gasteiger partial charge is 0.151 e. The van der Waals surface area contributed by atoms with Crippen molar-refractivity contribution in [3.8, 4) is 11.4 Å². The van der Waals surface area contributed by atoms with Gasteiger partial charge in [-0.2, -0.15) is 0 Å². The Kier molecular flexibility index (Phi) is 8.80. The number of rotatable bonds is 3. The van der Waals surface area contributed by atoms with Crippen LogP contribution in [0.4, 0.5) is 4.39 Å². The highest BCUT2D eigenvalue weighted by molar-refractivity contribution is 5.85. The highest BCUT2D eigenvalue weighted by atomic mass is 19.1. The highest BCUT2D eigenvalue weighted by Crippen LogP contribution is 2.21. The molecule has 1 aliphatic heterocycles. The van der Waals surface area contributed by atoms with Gasteiger partial charge in [-0.05, 0) is 56.3 Å². The number of alkyl halides is 1. The number of ether oxygens (including phenoxy) is 1. The van der Waals surface area contributed by atoms with Crippen LogP contribution in [0, 0.1) is 0 Å². The van der Waals surface area contributed by atoms with Crippen LogP contribution in [0.25, 0.3) is 16.7 Å². The van der Waals surface area contributed by atoms with Crippen molar-refractivity contribution < 1.29 is 13.9 Å². The minimum Gasteiger partial charge on any atom is -0.497 e. The summed E-state index contributed by atoms with van der Waals surface area (Å²) in [6.07, 6.45) is 5.26. The molecule has 0 saturated carbocycles. The second kappa shape index (κ2) is 11.3. The van der Waals surface area contributed by atoms with Crippen LogP contribution in [-0.4, -0.2) is 54.2 Å². The molecular weight excluding hydrogens is 369 g/mol. The van der Waals surface area contributed by atoms with Gasteiger partial charge in [-0.25, -0.2) is 9.37 Å². The van der Waals surface area contributed by atoms with Crippen molar-refractivity contribution in [2.45, 2.75) is 32.9 Å². The number of hydrogen-bond acceptors (Lipinski definition) is 4. The molecule has 0 unspecified atom stereocenters. The van der Waals surface area contributed by atoms with E-state index in [2.05, 4.69) is 9.88 Å². The van der Waals surface area contributed by atoms with E-state index in [1.54, 1.807) is 13.3 Å². The molecule has 1 aromatic carbocycles. The molecule has 1 saturated heterocycles. The molecule has 29 heavy (non-hydrogen) atoms. The monoisotopic (exact) mass is 399 g/mol. The third-order valence-corrected chi connectivity index (χ3v) is 4.68. The van der Waals surface area contributed by atoms with Gasteiger partial charge >= 0.3 is 0 Å². The SMILES string of the molecule is CC.CN1CCC(F)CC1.COc1ccc(-n2ccc3cc(C=O)cnc32)cc1. The van der Waals surface area contributed by atoms with Crippen molar-refractivity contribution in [2.75, 3.05) is 27.2 Å². The molecule has 1 aliphatic rings. The van der Waals surface area contributed by atoms with E-state index in [0.717, 1.165) is 54.7 Å². The molecule has 0 aliphatic carbocycles. The second-order valence-electron chi connectivity index (χ2n) is 6.66. The molecule has 4 rings (SSSR count). The molecular formula is C23H30FN3O2. The first-order valence-corrected chi connectivity index (χ1v) is 10.00. The number of nitrogens with zero attached hydrogens (tertiary/aromatic N) is 3. The largest absolute Gasteiger partial charge is 0.497 e. The predicted octanol–water partition coefficient (Wildman–Crippen LogP) is 4.92. The third kappa shape index (κ3) is 6.12. The van der Waals surface area contributed by atoms with Gasteiger partial charge in [0.25, 0.3) is 0 Å². The number of methoxy groups -OCH3 is 1. The van der Waals surface area contributed by atoms with Gasteiger partial charge in [-0.1, -0.05) is 13.8 Å². The maximum absolute atomic E-state index is 12.3. The topological polar surface area (TPSA) is 47.4 Å². The molecule has 3 heterocycles. The predicted molar refractivity (Wildman–Crippen MR) is 116 cm³/mol. The average Bonchev–Trinajstić information content (AvgIpc) is 3.21. The summed E-state index contributed by atoms with van der Waals surface area (Å²) >= 11 is 0. The highest BCUT2D eigenvalue weighted by Gasteiger charge is 2.14. The number of carbonyl (C=O) groups excluding carboxylic acids is 1. The Morgan fingerprint density at radius 1 is 1.14 bits per heavy atom. The number of halogens is 1. The zero-order chi connectivity index (χ0) is 21.2. The van der Waals surface area contributed by atoms with Gasteiger partial charge in [0, 0.05) is 42.1 Å². The number of aldehydes is 1. The Hall–Kier alpha value is -2.73. The summed E-state index contributed by atoms with van der Waals surface area (Å²) in [5.74, 6) is 0.816. The molecule has 0 spiro atoms. The number of aromatic nitrogens is 2. The number of piperidine rings is 1. The molecule has 1 fully saturated rings. The molecule has 0 radical (unpaired) electrons. The molecule has 0 atom stereocenters. The molecule has 156 valence electrons. The van der Waals surface area contributed by atoms with Crippen molar-refractivity contribution in [3.63, 3.8) is 0 Å². The Morgan fingerprint density at radius 2 is 1.79 bits per heavy atom. The molecule has 0 N–H and O–H groups in total. The minimum atomic E-state index is -0.522. The molecule has 0 amide bonds. The second-order valence-corrected chi connectivity index (χ2v) is 6.66. The minimum absolute atomic E-state index is 0.522. The lowest BCUT2D eigenvalue weighted by atomic mass is 10.1. The molecule has 3 aromatic rings. The molecule has 2 aromatic heterocycles. The lowest BCUT2D eigenvalue weighted by molar-refractivity contribution is 0.112. The first kappa shape index (κ1) is 22.6. The Balaban J connectivity index is 0.000000252. The van der Waals surface area contributed by atoms with E-state index in [1.165, 1.54) is 0 Å². The molecule has 5 nitrogen and oxygen atoms in total. The van der Waals surface area contributed by atoms with Crippen LogP contribution in [0.15, 0.2) is 48.8 Å². The number of hydrogen-bond donors (Lipinski definition) is 0. The Morgan fingerprint density at radius 3 is 2.34 bits per heavy atom. The van der Waals surface area contributed by atoms with Gasteiger partial charge in [-0.3, -0.25) is 4.79 Å². The van der Waals surface area contributed by atoms with Crippen LogP contribution in [-0.2, 0) is 0 Å². The summed E-state index contributed by atoms with van der Waals surface area (Å²) in [4.78, 5) is 17.2. The van der Waals surface area contributed by atoms with E-state index >= 15 is 0 Å². The van der Waals surface area contributed by atoms with Crippen LogP contribution in [0.3, 0.4) is 0 Å². The molecule has 6 heteroatoms. The fourth-order valence-corrected chi connectivity index (χ4v) is 3.03. The van der Waals surface area contributed by atoms with E-state index in [9.17, 15) is 9.18 Å². The number of fused-ring (bicyclic) bond motifs is 1. The van der Waals surface area contributed by atoms with Gasteiger partial charge in [0.2, 0.25) is 0 Å². The van der Waals surface area contributed by atoms with Gasteiger partial charge in [-0.15, -0.1) is 0 Å². The fraction of sp³-hybridized carbons (Fsp3) is 0.391. The van der Waals surface area contributed by atoms with E-state index in [4.69, 9.17) is 4.74 Å². The average molecular weight is 400 g/mol. The van der Waals surface area contributed by atoms with Gasteiger partial charge in [0.05, 0.1) is 7.11 Å². The molecule has 0 bridgehead atoms. The summed E-state index contributed by atoms with van der Waals surface area (Å²) in [5, 5.41) is 0.945. The van der Waals surface area contributed by atoms with Crippen LogP contribution < -0.4 is 4.74 Å². The number of carbonyl (C=O) groups is 1. The summed E-state index contributed by atoms with van der Waals surface area (Å²) < 4.78 is 19.4. The standard InChI is InChI=1S/C15H12N2O2.C6H12FN.C2H6/c1-19-14-4-2-13(3-5-14)17-7-6-12-8-11(10-18)9-16-15(12)17;1-8-4-2-6(7)3-5-8;1-2/h2-10H,1H3;6H,2-5H2,1H3;1-2H3. The van der Waals surface area contributed by atoms with Crippen LogP contribution >= 0.6 is 0 Å². The first-order chi connectivity index (χ1) is 14.1. The normalized spacial score (nSPS) is 14.4. The third-order valence-electron chi connectivity index (χ3n) is 4.68. The number of pyridine rings is 1. The summed E-state index contributed by atoms with van der Waals surface area (Å²) in [6.45, 7) is 5.86. The van der Waals surface area contributed by atoms with Crippen LogP contribution in [0.1, 0.15) is 37.0 Å². The van der Waals surface area contributed by atoms with Gasteiger partial charge in [0.1, 0.15) is 17.6 Å². The van der Waals surface area contributed by atoms with E-state index in [0.29, 0.717) is 5.56 Å². The number of likely N-dealkylation sites (tertiary alicyclic amines) is 1. The summed E-state index contributed by atoms with van der Waals surface area (Å²) in [6, 6.07) is 11.5. The Bertz CT molecular complexity index is 875. The van der Waals surface area contributed by atoms with Crippen LogP contribution in [0.5, 0.6) is 5.75 Å². The zero-order valence-corrected chi connectivity index (χ0v) is 17.6. The van der Waals surface area contributed by atoms with E-state index < -0.39 is 6.17 Å². The fourth-order valence-electron chi connectivity index (χ4n) is 3.03. The first-order valence-electron chi connectivity index (χ1n) is 10.00. The van der Waals surface area contributed by atoms with Crippen molar-refractivity contribution in [2.24, 2.45) is 0 Å². The lowest BCUT2D eigenvalue weighted by Crippen LogP contribution is -2.30. The quantitative estimate of drug-likeness (QED) is 0.587. The van der Waals surface area contributed by atoms with Crippen molar-refractivity contribution in [1.29, 1.82) is 0 Å². The zero-order valence-electron chi connectivity index (χ0n) is 17.6. The van der Waals surface area contributed by atoms with Crippen molar-refractivity contribution in [3.05, 3.63) is 54.4 Å². The van der Waals surface area contributed by atoms with Crippen LogP contribution in [0.2, 0.25) is 0 Å². The van der Waals surface area contributed by atoms with E-state index in [1.807, 2.05) is 68.1 Å². The van der Waals surface area contributed by atoms with Gasteiger partial charge in [0.15, 0.2) is 6.29 Å². The Labute approximate surface area is 172 Å². The van der Waals surface area contributed by atoms with E-state index in [-0.39, 0.29) is 0 Å². The lowest BCUT2D eigenvalue weighted by Gasteiger charge is -2.23. The van der Waals surface area contributed by atoms with Gasteiger partial charge < -0.3 is 14.2 Å². The summed E-state index contributed by atoms with van der Waals surface area (Å²) in [7, 11) is 3.68. The maximum Gasteiger partial charge on any atom is 0.151 e. The maximum atomic E-state index is 12.3. The van der Waals surface area contributed by atoms with Crippen molar-refractivity contribution in [1.82, 2.24) is 14.5 Å². The number of benzene rings is 1.